The summed E-state index contributed by atoms with van der Waals surface area (Å²) < 4.78 is 5.67. The summed E-state index contributed by atoms with van der Waals surface area (Å²) in [5.41, 5.74) is 4.34. The molecule has 1 fully saturated rings. The monoisotopic (exact) mass is 413 g/mol. The van der Waals surface area contributed by atoms with Crippen molar-refractivity contribution in [3.05, 3.63) is 58.4 Å². The minimum absolute atomic E-state index is 0.00569. The van der Waals surface area contributed by atoms with E-state index in [0.717, 1.165) is 48.6 Å². The number of pyridine rings is 1. The van der Waals surface area contributed by atoms with Crippen molar-refractivity contribution in [1.29, 1.82) is 0 Å². The molecule has 0 aliphatic carbocycles. The number of hydrogen-bond donors (Lipinski definition) is 0. The molecule has 2 aromatic rings. The first-order valence-corrected chi connectivity index (χ1v) is 10.7. The van der Waals surface area contributed by atoms with Crippen LogP contribution in [-0.2, 0) is 17.7 Å². The maximum absolute atomic E-state index is 12.8. The molecule has 29 heavy (non-hydrogen) atoms. The van der Waals surface area contributed by atoms with Crippen molar-refractivity contribution in [2.24, 2.45) is 0 Å². The molecule has 5 nitrogen and oxygen atoms in total. The van der Waals surface area contributed by atoms with Crippen LogP contribution in [0.5, 0.6) is 0 Å². The van der Waals surface area contributed by atoms with Crippen LogP contribution < -0.4 is 4.90 Å². The number of likely N-dealkylation sites (tertiary alicyclic amines) is 1. The molecule has 2 aliphatic rings. The van der Waals surface area contributed by atoms with Crippen LogP contribution in [0.3, 0.4) is 0 Å². The van der Waals surface area contributed by atoms with Crippen LogP contribution in [0.4, 0.5) is 10.5 Å². The number of aromatic nitrogens is 1. The highest BCUT2D eigenvalue weighted by molar-refractivity contribution is 6.30. The second kappa shape index (κ2) is 7.86. The zero-order valence-corrected chi connectivity index (χ0v) is 18.1. The summed E-state index contributed by atoms with van der Waals surface area (Å²) >= 11 is 6.49. The Hall–Kier alpha value is -2.27. The van der Waals surface area contributed by atoms with E-state index in [9.17, 15) is 4.79 Å². The van der Waals surface area contributed by atoms with Gasteiger partial charge in [0, 0.05) is 30.9 Å². The molecule has 1 unspecified atom stereocenters. The van der Waals surface area contributed by atoms with Gasteiger partial charge in [-0.2, -0.15) is 0 Å². The second-order valence-electron chi connectivity index (χ2n) is 8.85. The van der Waals surface area contributed by atoms with E-state index in [1.165, 1.54) is 11.1 Å². The van der Waals surface area contributed by atoms with Crippen LogP contribution in [0.15, 0.2) is 36.7 Å². The number of benzene rings is 1. The summed E-state index contributed by atoms with van der Waals surface area (Å²) in [6, 6.07) is 8.19. The molecule has 0 spiro atoms. The molecule has 6 heteroatoms. The third-order valence-electron chi connectivity index (χ3n) is 5.59. The van der Waals surface area contributed by atoms with Crippen molar-refractivity contribution in [2.75, 3.05) is 18.0 Å². The molecule has 0 saturated carbocycles. The first-order chi connectivity index (χ1) is 13.8. The van der Waals surface area contributed by atoms with Crippen molar-refractivity contribution in [3.8, 4) is 0 Å². The molecule has 4 rings (SSSR count). The molecular formula is C23H28ClN3O2. The SMILES string of the molecule is CC(C)(C)OC(=O)N1CCCC1c1cc(Cl)cc2c1CN(c1cccnc1)CC2. The Morgan fingerprint density at radius 1 is 1.28 bits per heavy atom. The average molecular weight is 414 g/mol. The van der Waals surface area contributed by atoms with Crippen molar-refractivity contribution in [3.63, 3.8) is 0 Å². The van der Waals surface area contributed by atoms with Crippen LogP contribution in [-0.4, -0.2) is 34.7 Å². The maximum atomic E-state index is 12.8. The van der Waals surface area contributed by atoms with E-state index in [1.54, 1.807) is 6.20 Å². The van der Waals surface area contributed by atoms with Crippen molar-refractivity contribution in [1.82, 2.24) is 9.88 Å². The van der Waals surface area contributed by atoms with Crippen LogP contribution in [0.2, 0.25) is 5.02 Å². The fraction of sp³-hybridized carbons (Fsp3) is 0.478. The molecule has 1 atom stereocenters. The average Bonchev–Trinajstić information content (AvgIpc) is 3.16. The highest BCUT2D eigenvalue weighted by Crippen LogP contribution is 2.39. The molecule has 0 N–H and O–H groups in total. The van der Waals surface area contributed by atoms with Gasteiger partial charge in [-0.1, -0.05) is 11.6 Å². The number of amides is 1. The lowest BCUT2D eigenvalue weighted by molar-refractivity contribution is 0.0224. The highest BCUT2D eigenvalue weighted by Gasteiger charge is 2.35. The van der Waals surface area contributed by atoms with E-state index >= 15 is 0 Å². The number of hydrogen-bond acceptors (Lipinski definition) is 4. The van der Waals surface area contributed by atoms with E-state index in [-0.39, 0.29) is 12.1 Å². The van der Waals surface area contributed by atoms with Gasteiger partial charge in [-0.15, -0.1) is 0 Å². The smallest absolute Gasteiger partial charge is 0.410 e. The minimum atomic E-state index is -0.505. The normalized spacial score (nSPS) is 19.2. The topological polar surface area (TPSA) is 45.7 Å². The Bertz CT molecular complexity index is 895. The van der Waals surface area contributed by atoms with Gasteiger partial charge in [0.2, 0.25) is 0 Å². The fourth-order valence-corrected chi connectivity index (χ4v) is 4.59. The lowest BCUT2D eigenvalue weighted by atomic mass is 9.90. The Labute approximate surface area is 177 Å². The number of nitrogens with zero attached hydrogens (tertiary/aromatic N) is 3. The number of ether oxygens (including phenoxy) is 1. The summed E-state index contributed by atoms with van der Waals surface area (Å²) in [5.74, 6) is 0. The molecule has 1 aromatic heterocycles. The third-order valence-corrected chi connectivity index (χ3v) is 5.81. The van der Waals surface area contributed by atoms with Gasteiger partial charge < -0.3 is 14.5 Å². The van der Waals surface area contributed by atoms with Gasteiger partial charge in [-0.3, -0.25) is 4.98 Å². The predicted molar refractivity (Wildman–Crippen MR) is 115 cm³/mol. The van der Waals surface area contributed by atoms with Gasteiger partial charge in [0.1, 0.15) is 5.60 Å². The van der Waals surface area contributed by atoms with E-state index in [2.05, 4.69) is 22.0 Å². The van der Waals surface area contributed by atoms with Gasteiger partial charge in [0.25, 0.3) is 0 Å². The number of rotatable bonds is 2. The summed E-state index contributed by atoms with van der Waals surface area (Å²) in [6.45, 7) is 8.16. The van der Waals surface area contributed by atoms with Gasteiger partial charge >= 0.3 is 6.09 Å². The molecule has 1 aromatic carbocycles. The van der Waals surface area contributed by atoms with E-state index < -0.39 is 5.60 Å². The van der Waals surface area contributed by atoms with Gasteiger partial charge in [0.15, 0.2) is 0 Å². The Kier molecular flexibility index (Phi) is 5.43. The zero-order chi connectivity index (χ0) is 20.6. The Balaban J connectivity index is 1.66. The highest BCUT2D eigenvalue weighted by atomic mass is 35.5. The summed E-state index contributed by atoms with van der Waals surface area (Å²) in [5, 5.41) is 0.740. The standard InChI is InChI=1S/C23H28ClN3O2/c1-23(2,3)29-22(28)27-10-5-7-21(27)19-13-17(24)12-16-8-11-26(15-20(16)19)18-6-4-9-25-14-18/h4,6,9,12-14,21H,5,7-8,10-11,15H2,1-3H3. The third kappa shape index (κ3) is 4.35. The number of halogens is 1. The fourth-order valence-electron chi connectivity index (χ4n) is 4.35. The Morgan fingerprint density at radius 2 is 2.10 bits per heavy atom. The van der Waals surface area contributed by atoms with Gasteiger partial charge in [-0.25, -0.2) is 4.79 Å². The van der Waals surface area contributed by atoms with Crippen molar-refractivity contribution < 1.29 is 9.53 Å². The molecule has 1 saturated heterocycles. The van der Waals surface area contributed by atoms with E-state index in [1.807, 2.05) is 44.0 Å². The van der Waals surface area contributed by atoms with Crippen LogP contribution in [0, 0.1) is 0 Å². The van der Waals surface area contributed by atoms with Gasteiger partial charge in [-0.05, 0) is 81.0 Å². The Morgan fingerprint density at radius 3 is 2.83 bits per heavy atom. The van der Waals surface area contributed by atoms with Crippen molar-refractivity contribution in [2.45, 2.75) is 58.2 Å². The molecule has 1 amide bonds. The van der Waals surface area contributed by atoms with Crippen LogP contribution in [0.1, 0.15) is 56.3 Å². The van der Waals surface area contributed by atoms with E-state index in [4.69, 9.17) is 16.3 Å². The molecule has 0 bridgehead atoms. The molecular weight excluding hydrogens is 386 g/mol. The number of carbonyl (C=O) groups excluding carboxylic acids is 1. The quantitative estimate of drug-likeness (QED) is 0.663. The first kappa shape index (κ1) is 20.0. The molecule has 2 aliphatic heterocycles. The second-order valence-corrected chi connectivity index (χ2v) is 9.28. The molecule has 3 heterocycles. The summed E-state index contributed by atoms with van der Waals surface area (Å²) in [4.78, 5) is 21.3. The lowest BCUT2D eigenvalue weighted by Crippen LogP contribution is -2.37. The largest absolute Gasteiger partial charge is 0.444 e. The van der Waals surface area contributed by atoms with E-state index in [0.29, 0.717) is 6.54 Å². The molecule has 0 radical (unpaired) electrons. The summed E-state index contributed by atoms with van der Waals surface area (Å²) in [6.07, 6.45) is 6.29. The molecule has 154 valence electrons. The lowest BCUT2D eigenvalue weighted by Gasteiger charge is -2.35. The zero-order valence-electron chi connectivity index (χ0n) is 17.3. The number of anilines is 1. The predicted octanol–water partition coefficient (Wildman–Crippen LogP) is 5.37. The summed E-state index contributed by atoms with van der Waals surface area (Å²) in [7, 11) is 0. The van der Waals surface area contributed by atoms with Gasteiger partial charge in [0.05, 0.1) is 17.9 Å². The van der Waals surface area contributed by atoms with Crippen LogP contribution in [0.25, 0.3) is 0 Å². The maximum Gasteiger partial charge on any atom is 0.410 e. The van der Waals surface area contributed by atoms with Crippen molar-refractivity contribution >= 4 is 23.4 Å². The minimum Gasteiger partial charge on any atom is -0.444 e. The first-order valence-electron chi connectivity index (χ1n) is 10.3. The number of carbonyl (C=O) groups is 1. The van der Waals surface area contributed by atoms with Crippen LogP contribution >= 0.6 is 11.6 Å². The number of fused-ring (bicyclic) bond motifs is 1.